The van der Waals surface area contributed by atoms with Crippen molar-refractivity contribution in [2.24, 2.45) is 11.8 Å². The van der Waals surface area contributed by atoms with Crippen LogP contribution in [0.5, 0.6) is 11.5 Å². The van der Waals surface area contributed by atoms with Gasteiger partial charge in [-0.1, -0.05) is 38.1 Å². The fraction of sp³-hybridized carbons (Fsp3) is 0.488. The fourth-order valence-electron chi connectivity index (χ4n) is 6.97. The lowest BCUT2D eigenvalue weighted by Gasteiger charge is -2.29. The largest absolute Gasteiger partial charge is 0.497 e. The number of fused-ring (bicyclic) bond motifs is 17. The van der Waals surface area contributed by atoms with E-state index in [4.69, 9.17) is 9.47 Å². The van der Waals surface area contributed by atoms with Crippen LogP contribution in [0.3, 0.4) is 0 Å². The van der Waals surface area contributed by atoms with Crippen molar-refractivity contribution < 1.29 is 33.4 Å². The number of benzene rings is 2. The van der Waals surface area contributed by atoms with Gasteiger partial charge in [-0.25, -0.2) is 0 Å². The van der Waals surface area contributed by atoms with Crippen LogP contribution < -0.4 is 30.7 Å². The summed E-state index contributed by atoms with van der Waals surface area (Å²) in [6.07, 6.45) is 2.84. The van der Waals surface area contributed by atoms with Crippen LogP contribution in [0.2, 0.25) is 0 Å². The number of hydrogen-bond donors (Lipinski definition) is 4. The van der Waals surface area contributed by atoms with Crippen LogP contribution in [0.15, 0.2) is 60.7 Å². The summed E-state index contributed by atoms with van der Waals surface area (Å²) in [6, 6.07) is 14.6. The van der Waals surface area contributed by atoms with Gasteiger partial charge in [-0.05, 0) is 105 Å². The Labute approximate surface area is 329 Å². The molecule has 4 atom stereocenters. The van der Waals surface area contributed by atoms with Crippen molar-refractivity contribution in [1.82, 2.24) is 31.2 Å². The second kappa shape index (κ2) is 19.4. The third-order valence-electron chi connectivity index (χ3n) is 9.88. The second-order valence-electron chi connectivity index (χ2n) is 15.6. The Bertz CT molecular complexity index is 1820. The standard InChI is InChI=1S/C43H56N6O7/c1-26(2)17-34-25-56-36-15-11-31(12-16-36)20-37(47-39(50)22-33-18-27(3)44-28(4)19-33)42(53)48-38(21-30-9-13-35(55-6)14-10-30)41(52)45-29(5)43(54)49(23-32-7-8-32)24-40(51)46-34/h9-16,18-19,26,29,32,34,37-38H,7-8,17,20-25H2,1-6H3,(H,45,52)(H,46,51)(H,47,50)(H,48,53)/t29-,34+,37+,38+/m1/s1. The number of carbonyl (C=O) groups excluding carboxylic acids is 5. The Morgan fingerprint density at radius 2 is 1.61 bits per heavy atom. The highest BCUT2D eigenvalue weighted by Gasteiger charge is 2.33. The summed E-state index contributed by atoms with van der Waals surface area (Å²) in [5.74, 6) is -0.435. The number of aryl methyl sites for hydroxylation is 2. The van der Waals surface area contributed by atoms with Crippen molar-refractivity contribution in [3.8, 4) is 11.5 Å². The molecule has 0 saturated heterocycles. The van der Waals surface area contributed by atoms with Gasteiger partial charge in [-0.3, -0.25) is 29.0 Å². The first-order valence-electron chi connectivity index (χ1n) is 19.5. The van der Waals surface area contributed by atoms with E-state index in [1.54, 1.807) is 50.4 Å². The van der Waals surface area contributed by atoms with Crippen molar-refractivity contribution >= 4 is 29.5 Å². The number of nitrogens with zero attached hydrogens (tertiary/aromatic N) is 2. The lowest BCUT2D eigenvalue weighted by molar-refractivity contribution is -0.140. The molecule has 13 heteroatoms. The zero-order valence-electron chi connectivity index (χ0n) is 33.4. The summed E-state index contributed by atoms with van der Waals surface area (Å²) in [7, 11) is 1.56. The Hall–Kier alpha value is -5.46. The smallest absolute Gasteiger partial charge is 0.245 e. The minimum atomic E-state index is -1.12. The molecule has 300 valence electrons. The van der Waals surface area contributed by atoms with Crippen molar-refractivity contribution in [2.45, 2.75) is 97.3 Å². The fourth-order valence-corrected chi connectivity index (χ4v) is 6.97. The first-order chi connectivity index (χ1) is 26.7. The second-order valence-corrected chi connectivity index (χ2v) is 15.6. The predicted molar refractivity (Wildman–Crippen MR) is 212 cm³/mol. The van der Waals surface area contributed by atoms with Crippen molar-refractivity contribution in [3.63, 3.8) is 0 Å². The summed E-state index contributed by atoms with van der Waals surface area (Å²) in [6.45, 7) is 9.89. The van der Waals surface area contributed by atoms with E-state index in [0.717, 1.165) is 40.9 Å². The topological polar surface area (TPSA) is 168 Å². The molecule has 0 radical (unpaired) electrons. The van der Waals surface area contributed by atoms with Crippen LogP contribution in [0.25, 0.3) is 0 Å². The average molecular weight is 769 g/mol. The highest BCUT2D eigenvalue weighted by molar-refractivity contribution is 5.95. The number of carbonyl (C=O) groups is 5. The molecule has 1 fully saturated rings. The van der Waals surface area contributed by atoms with Crippen LogP contribution in [0.4, 0.5) is 0 Å². The molecule has 1 aliphatic carbocycles. The van der Waals surface area contributed by atoms with Gasteiger partial charge in [-0.2, -0.15) is 0 Å². The van der Waals surface area contributed by atoms with Crippen LogP contribution in [-0.2, 0) is 43.2 Å². The molecule has 6 rings (SSSR count). The van der Waals surface area contributed by atoms with Gasteiger partial charge in [0, 0.05) is 30.8 Å². The maximum atomic E-state index is 14.2. The molecule has 4 N–H and O–H groups in total. The normalized spacial score (nSPS) is 21.4. The quantitative estimate of drug-likeness (QED) is 0.228. The van der Waals surface area contributed by atoms with Gasteiger partial charge in [-0.15, -0.1) is 0 Å². The summed E-state index contributed by atoms with van der Waals surface area (Å²) >= 11 is 0. The number of methoxy groups -OCH3 is 1. The number of nitrogens with one attached hydrogen (secondary N) is 4. The van der Waals surface area contributed by atoms with Crippen LogP contribution in [0.1, 0.15) is 68.1 Å². The van der Waals surface area contributed by atoms with E-state index in [1.165, 1.54) is 4.90 Å². The van der Waals surface area contributed by atoms with Gasteiger partial charge < -0.3 is 35.6 Å². The molecular formula is C43H56N6O7. The summed E-state index contributed by atoms with van der Waals surface area (Å²) < 4.78 is 11.4. The van der Waals surface area contributed by atoms with Gasteiger partial charge in [0.05, 0.1) is 26.1 Å². The van der Waals surface area contributed by atoms with Crippen molar-refractivity contribution in [3.05, 3.63) is 88.7 Å². The number of aromatic nitrogens is 1. The molecule has 13 nitrogen and oxygen atoms in total. The Balaban J connectivity index is 1.46. The summed E-state index contributed by atoms with van der Waals surface area (Å²) in [5, 5.41) is 11.7. The van der Waals surface area contributed by atoms with E-state index in [1.807, 2.05) is 38.1 Å². The number of rotatable bonds is 10. The Morgan fingerprint density at radius 1 is 0.929 bits per heavy atom. The van der Waals surface area contributed by atoms with Gasteiger partial charge in [0.25, 0.3) is 0 Å². The van der Waals surface area contributed by atoms with E-state index in [0.29, 0.717) is 30.4 Å². The summed E-state index contributed by atoms with van der Waals surface area (Å²) in [5.41, 5.74) is 3.82. The van der Waals surface area contributed by atoms with Gasteiger partial charge >= 0.3 is 0 Å². The van der Waals surface area contributed by atoms with Crippen LogP contribution in [0, 0.1) is 25.7 Å². The third-order valence-corrected chi connectivity index (χ3v) is 9.88. The molecule has 1 saturated carbocycles. The minimum Gasteiger partial charge on any atom is -0.497 e. The molecule has 3 heterocycles. The summed E-state index contributed by atoms with van der Waals surface area (Å²) in [4.78, 5) is 75.1. The number of amides is 5. The Morgan fingerprint density at radius 3 is 2.23 bits per heavy atom. The van der Waals surface area contributed by atoms with E-state index < -0.39 is 35.8 Å². The van der Waals surface area contributed by atoms with Gasteiger partial charge in [0.15, 0.2) is 0 Å². The zero-order chi connectivity index (χ0) is 40.4. The molecule has 0 unspecified atom stereocenters. The number of hydrogen-bond acceptors (Lipinski definition) is 8. The molecular weight excluding hydrogens is 713 g/mol. The van der Waals surface area contributed by atoms with E-state index in [-0.39, 0.29) is 56.2 Å². The van der Waals surface area contributed by atoms with Crippen molar-refractivity contribution in [1.29, 1.82) is 0 Å². The lowest BCUT2D eigenvalue weighted by atomic mass is 10.0. The molecule has 1 aromatic heterocycles. The average Bonchev–Trinajstić information content (AvgIpc) is 3.96. The molecule has 2 aromatic carbocycles. The van der Waals surface area contributed by atoms with E-state index >= 15 is 0 Å². The SMILES string of the molecule is COc1ccc(C[C@@H]2NC(=O)[C@@H](NC(=O)Cc3cc(C)nc(C)c3)Cc3ccc(cc3)OC[C@H](CC(C)C)NC(=O)CN(CC3CC3)C(=O)[C@@H](C)NC2=O)cc1. The van der Waals surface area contributed by atoms with Gasteiger partial charge in [0.1, 0.15) is 36.2 Å². The lowest BCUT2D eigenvalue weighted by Crippen LogP contribution is -2.58. The Kier molecular flexibility index (Phi) is 14.5. The highest BCUT2D eigenvalue weighted by atomic mass is 16.5. The van der Waals surface area contributed by atoms with Crippen molar-refractivity contribution in [2.75, 3.05) is 26.8 Å². The predicted octanol–water partition coefficient (Wildman–Crippen LogP) is 3.37. The molecule has 56 heavy (non-hydrogen) atoms. The third kappa shape index (κ3) is 12.8. The van der Waals surface area contributed by atoms with E-state index in [2.05, 4.69) is 40.1 Å². The minimum absolute atomic E-state index is 0.0294. The molecule has 0 spiro atoms. The molecule has 5 amide bonds. The van der Waals surface area contributed by atoms with Crippen LogP contribution in [-0.4, -0.2) is 90.4 Å². The van der Waals surface area contributed by atoms with Crippen LogP contribution >= 0.6 is 0 Å². The first kappa shape index (κ1) is 41.7. The van der Waals surface area contributed by atoms with E-state index in [9.17, 15) is 24.0 Å². The molecule has 2 bridgehead atoms. The molecule has 3 aromatic rings. The zero-order valence-corrected chi connectivity index (χ0v) is 33.4. The number of ether oxygens (including phenoxy) is 2. The maximum Gasteiger partial charge on any atom is 0.245 e. The maximum absolute atomic E-state index is 14.2. The molecule has 3 aliphatic rings. The highest BCUT2D eigenvalue weighted by Crippen LogP contribution is 2.30. The first-order valence-corrected chi connectivity index (χ1v) is 19.5. The molecule has 2 aliphatic heterocycles. The monoisotopic (exact) mass is 768 g/mol. The number of pyridine rings is 1. The van der Waals surface area contributed by atoms with Gasteiger partial charge in [0.2, 0.25) is 29.5 Å².